The third-order valence-corrected chi connectivity index (χ3v) is 11.4. The zero-order valence-corrected chi connectivity index (χ0v) is 26.0. The number of carbonyl (C=O) groups excluding carboxylic acids is 2. The van der Waals surface area contributed by atoms with E-state index < -0.39 is 26.5 Å². The van der Waals surface area contributed by atoms with Crippen LogP contribution in [0.5, 0.6) is 0 Å². The van der Waals surface area contributed by atoms with Crippen LogP contribution in [0.4, 0.5) is 0 Å². The fourth-order valence-electron chi connectivity index (χ4n) is 5.44. The monoisotopic (exact) mass is 548 g/mol. The lowest BCUT2D eigenvalue weighted by Crippen LogP contribution is -2.24. The van der Waals surface area contributed by atoms with Gasteiger partial charge >= 0.3 is 0 Å². The molecule has 0 atom stereocenters. The Morgan fingerprint density at radius 3 is 1.47 bits per heavy atom. The second kappa shape index (κ2) is 11.7. The van der Waals surface area contributed by atoms with Crippen LogP contribution in [0, 0.1) is 41.5 Å². The molecule has 0 spiro atoms. The van der Waals surface area contributed by atoms with Gasteiger partial charge in [0.25, 0.3) is 0 Å². The van der Waals surface area contributed by atoms with Gasteiger partial charge in [0.05, 0.1) is 0 Å². The maximum absolute atomic E-state index is 15.0. The smallest absolute Gasteiger partial charge is 0.248 e. The Morgan fingerprint density at radius 2 is 1.11 bits per heavy atom. The van der Waals surface area contributed by atoms with Crippen LogP contribution >= 0.6 is 7.14 Å². The summed E-state index contributed by atoms with van der Waals surface area (Å²) in [6, 6.07) is 15.6. The number of rotatable bonds is 10. The third kappa shape index (κ3) is 6.51. The Kier molecular flexibility index (Phi) is 9.19. The highest BCUT2D eigenvalue weighted by atomic mass is 31.2. The predicted molar refractivity (Wildman–Crippen MR) is 161 cm³/mol. The van der Waals surface area contributed by atoms with E-state index in [1.807, 2.05) is 91.0 Å². The SMILES string of the molecule is Cc1cc(C)c(C(=O)P(=O)(C(=O)c2c(C)cc(C)cc2C)c2ccc(CCCC[Si](C)(C)O)cc2)c(C)c1. The zero-order valence-electron chi connectivity index (χ0n) is 24.1. The first-order valence-corrected chi connectivity index (χ1v) is 18.2. The first-order valence-electron chi connectivity index (χ1n) is 13.3. The van der Waals surface area contributed by atoms with Gasteiger partial charge in [-0.15, -0.1) is 0 Å². The Morgan fingerprint density at radius 1 is 0.711 bits per heavy atom. The van der Waals surface area contributed by atoms with Gasteiger partial charge in [0.2, 0.25) is 18.2 Å². The molecule has 0 amide bonds. The molecule has 0 aliphatic heterocycles. The minimum Gasteiger partial charge on any atom is -0.432 e. The van der Waals surface area contributed by atoms with Crippen LogP contribution in [-0.2, 0) is 11.0 Å². The maximum Gasteiger partial charge on any atom is 0.248 e. The van der Waals surface area contributed by atoms with E-state index in [1.165, 1.54) is 0 Å². The third-order valence-electron chi connectivity index (χ3n) is 7.16. The number of benzene rings is 3. The molecule has 3 aromatic rings. The molecule has 0 aliphatic rings. The van der Waals surface area contributed by atoms with Crippen molar-refractivity contribution in [1.29, 1.82) is 0 Å². The second-order valence-corrected chi connectivity index (χ2v) is 18.1. The summed E-state index contributed by atoms with van der Waals surface area (Å²) in [6.07, 6.45) is 2.71. The Labute approximate surface area is 229 Å². The lowest BCUT2D eigenvalue weighted by molar-refractivity contribution is 0.104. The highest BCUT2D eigenvalue weighted by Crippen LogP contribution is 2.52. The van der Waals surface area contributed by atoms with Crippen molar-refractivity contribution in [2.45, 2.75) is 79.9 Å². The molecule has 38 heavy (non-hydrogen) atoms. The van der Waals surface area contributed by atoms with Crippen LogP contribution in [0.3, 0.4) is 0 Å². The van der Waals surface area contributed by atoms with Gasteiger partial charge < -0.3 is 9.36 Å². The molecule has 3 aromatic carbocycles. The van der Waals surface area contributed by atoms with E-state index in [9.17, 15) is 18.9 Å². The van der Waals surface area contributed by atoms with Gasteiger partial charge in [-0.3, -0.25) is 9.59 Å². The van der Waals surface area contributed by atoms with Crippen molar-refractivity contribution < 1.29 is 18.9 Å². The molecular formula is C32H41O4PSi. The Hall–Kier alpha value is -2.59. The van der Waals surface area contributed by atoms with Crippen molar-refractivity contribution >= 4 is 31.8 Å². The largest absolute Gasteiger partial charge is 0.432 e. The number of aryl methyl sites for hydroxylation is 7. The zero-order chi connectivity index (χ0) is 28.4. The van der Waals surface area contributed by atoms with Gasteiger partial charge in [-0.05, 0) is 101 Å². The average Bonchev–Trinajstić information content (AvgIpc) is 2.79. The molecule has 0 aromatic heterocycles. The molecule has 202 valence electrons. The number of carbonyl (C=O) groups is 2. The summed E-state index contributed by atoms with van der Waals surface area (Å²) < 4.78 is 15.0. The van der Waals surface area contributed by atoms with Crippen molar-refractivity contribution in [1.82, 2.24) is 0 Å². The van der Waals surface area contributed by atoms with Crippen LogP contribution in [0.2, 0.25) is 19.1 Å². The second-order valence-electron chi connectivity index (χ2n) is 11.5. The minimum absolute atomic E-state index is 0.277. The van der Waals surface area contributed by atoms with Crippen molar-refractivity contribution in [2.75, 3.05) is 0 Å². The molecule has 0 bridgehead atoms. The molecule has 6 heteroatoms. The first kappa shape index (κ1) is 30.0. The topological polar surface area (TPSA) is 71.4 Å². The molecule has 0 fully saturated rings. The highest BCUT2D eigenvalue weighted by Gasteiger charge is 2.44. The van der Waals surface area contributed by atoms with E-state index in [-0.39, 0.29) is 5.30 Å². The molecule has 0 saturated carbocycles. The molecule has 0 heterocycles. The number of hydrogen-bond donors (Lipinski definition) is 1. The predicted octanol–water partition coefficient (Wildman–Crippen LogP) is 7.73. The van der Waals surface area contributed by atoms with Crippen molar-refractivity contribution in [3.05, 3.63) is 98.6 Å². The highest BCUT2D eigenvalue weighted by molar-refractivity contribution is 8.01. The number of hydrogen-bond acceptors (Lipinski definition) is 4. The molecule has 4 nitrogen and oxygen atoms in total. The van der Waals surface area contributed by atoms with Crippen LogP contribution < -0.4 is 5.30 Å². The van der Waals surface area contributed by atoms with E-state index in [0.717, 1.165) is 64.3 Å². The van der Waals surface area contributed by atoms with Crippen LogP contribution in [0.15, 0.2) is 48.5 Å². The van der Waals surface area contributed by atoms with E-state index in [4.69, 9.17) is 0 Å². The summed E-state index contributed by atoms with van der Waals surface area (Å²) in [5.41, 5.74) is 5.54. The van der Waals surface area contributed by atoms with Gasteiger partial charge in [-0.1, -0.05) is 66.1 Å². The quantitative estimate of drug-likeness (QED) is 0.160. The van der Waals surface area contributed by atoms with Crippen molar-refractivity contribution in [2.24, 2.45) is 0 Å². The fourth-order valence-corrected chi connectivity index (χ4v) is 9.11. The van der Waals surface area contributed by atoms with E-state index in [1.54, 1.807) is 12.1 Å². The molecule has 1 N–H and O–H groups in total. The summed E-state index contributed by atoms with van der Waals surface area (Å²) in [7, 11) is -6.27. The van der Waals surface area contributed by atoms with Crippen LogP contribution in [-0.4, -0.2) is 24.2 Å². The molecule has 0 saturated heterocycles. The van der Waals surface area contributed by atoms with E-state index in [2.05, 4.69) is 0 Å². The maximum atomic E-state index is 15.0. The van der Waals surface area contributed by atoms with E-state index in [0.29, 0.717) is 11.1 Å². The first-order chi connectivity index (χ1) is 17.6. The molecule has 3 rings (SSSR count). The van der Waals surface area contributed by atoms with Gasteiger partial charge in [0.15, 0.2) is 8.32 Å². The van der Waals surface area contributed by atoms with Gasteiger partial charge in [0.1, 0.15) is 0 Å². The summed E-state index contributed by atoms with van der Waals surface area (Å²) in [5.74, 6) is 0. The Balaban J connectivity index is 2.09. The molecule has 0 radical (unpaired) electrons. The summed E-state index contributed by atoms with van der Waals surface area (Å²) >= 11 is 0. The van der Waals surface area contributed by atoms with Crippen molar-refractivity contribution in [3.63, 3.8) is 0 Å². The summed E-state index contributed by atoms with van der Waals surface area (Å²) in [5, 5.41) is 0.277. The fraction of sp³-hybridized carbons (Fsp3) is 0.375. The normalized spacial score (nSPS) is 12.0. The summed E-state index contributed by atoms with van der Waals surface area (Å²) in [4.78, 5) is 38.5. The average molecular weight is 549 g/mol. The van der Waals surface area contributed by atoms with E-state index >= 15 is 0 Å². The van der Waals surface area contributed by atoms with Gasteiger partial charge in [-0.25, -0.2) is 0 Å². The van der Waals surface area contributed by atoms with Crippen LogP contribution in [0.1, 0.15) is 72.5 Å². The molecular weight excluding hydrogens is 507 g/mol. The van der Waals surface area contributed by atoms with Gasteiger partial charge in [-0.2, -0.15) is 0 Å². The Bertz CT molecular complexity index is 1290. The summed E-state index contributed by atoms with van der Waals surface area (Å²) in [6.45, 7) is 15.2. The number of unbranched alkanes of at least 4 members (excludes halogenated alkanes) is 1. The molecule has 0 aliphatic carbocycles. The standard InChI is InChI=1S/C32H41O4PSi/c1-21-17-23(3)29(24(4)18-21)31(33)37(35,32(34)30-25(5)19-22(2)20-26(30)6)28-14-12-27(13-15-28)11-9-10-16-38(7,8)36/h12-15,17-20,36H,9-11,16H2,1-8H3. The lowest BCUT2D eigenvalue weighted by atomic mass is 10.0. The van der Waals surface area contributed by atoms with Crippen molar-refractivity contribution in [3.8, 4) is 0 Å². The minimum atomic E-state index is -4.21. The van der Waals surface area contributed by atoms with Gasteiger partial charge in [0, 0.05) is 16.4 Å². The lowest BCUT2D eigenvalue weighted by Gasteiger charge is -2.21. The molecule has 0 unspecified atom stereocenters. The van der Waals surface area contributed by atoms with Crippen LogP contribution in [0.25, 0.3) is 0 Å².